The van der Waals surface area contributed by atoms with E-state index in [4.69, 9.17) is 16.3 Å². The van der Waals surface area contributed by atoms with E-state index in [9.17, 15) is 14.7 Å². The van der Waals surface area contributed by atoms with E-state index >= 15 is 0 Å². The average Bonchev–Trinajstić information content (AvgIpc) is 3.68. The highest BCUT2D eigenvalue weighted by atomic mass is 35.5. The average molecular weight is 507 g/mol. The van der Waals surface area contributed by atoms with Gasteiger partial charge in [-0.05, 0) is 72.8 Å². The number of likely N-dealkylation sites (tertiary alicyclic amines) is 1. The summed E-state index contributed by atoms with van der Waals surface area (Å²) in [6.07, 6.45) is 2.94. The van der Waals surface area contributed by atoms with Crippen LogP contribution in [0.4, 0.5) is 0 Å². The van der Waals surface area contributed by atoms with Gasteiger partial charge in [0.2, 0.25) is 5.78 Å². The molecule has 2 N–H and O–H groups in total. The Morgan fingerprint density at radius 2 is 1.83 bits per heavy atom. The number of amides is 1. The molecule has 0 spiro atoms. The minimum atomic E-state index is -1.00. The number of carbonyl (C=O) groups excluding carboxylic acids is 2. The second-order valence-electron chi connectivity index (χ2n) is 9.79. The minimum Gasteiger partial charge on any atom is -0.489 e. The van der Waals surface area contributed by atoms with Crippen molar-refractivity contribution < 1.29 is 19.4 Å². The minimum absolute atomic E-state index is 0.107. The normalized spacial score (nSPS) is 17.3. The molecule has 5 rings (SSSR count). The van der Waals surface area contributed by atoms with Crippen molar-refractivity contribution >= 4 is 34.1 Å². The number of aryl methyl sites for hydroxylation is 1. The Hall–Kier alpha value is -2.93. The Labute approximate surface area is 216 Å². The smallest absolute Gasteiger partial charge is 0.287 e. The summed E-state index contributed by atoms with van der Waals surface area (Å²) >= 11 is 6.40. The van der Waals surface area contributed by atoms with Gasteiger partial charge in [-0.3, -0.25) is 9.59 Å². The van der Waals surface area contributed by atoms with E-state index in [1.165, 1.54) is 0 Å². The number of rotatable bonds is 11. The fourth-order valence-corrected chi connectivity index (χ4v) is 4.71. The molecule has 1 heterocycles. The molecule has 0 radical (unpaired) electrons. The van der Waals surface area contributed by atoms with Crippen molar-refractivity contribution in [3.8, 4) is 5.75 Å². The lowest BCUT2D eigenvalue weighted by Crippen LogP contribution is -2.52. The number of hydrogen-bond donors (Lipinski definition) is 2. The molecule has 7 heteroatoms. The fourth-order valence-electron chi connectivity index (χ4n) is 4.48. The molecule has 1 aliphatic carbocycles. The second kappa shape index (κ2) is 11.0. The van der Waals surface area contributed by atoms with Gasteiger partial charge in [-0.15, -0.1) is 0 Å². The van der Waals surface area contributed by atoms with Gasteiger partial charge >= 0.3 is 0 Å². The molecule has 1 saturated carbocycles. The maximum atomic E-state index is 12.8. The zero-order valence-electron chi connectivity index (χ0n) is 20.2. The summed E-state index contributed by atoms with van der Waals surface area (Å²) in [6, 6.07) is 18.7. The summed E-state index contributed by atoms with van der Waals surface area (Å²) in [7, 11) is 0. The molecular formula is C29H31ClN2O4. The topological polar surface area (TPSA) is 78.9 Å². The molecule has 0 aromatic heterocycles. The van der Waals surface area contributed by atoms with Crippen LogP contribution in [-0.4, -0.2) is 53.5 Å². The lowest BCUT2D eigenvalue weighted by molar-refractivity contribution is -0.139. The predicted octanol–water partition coefficient (Wildman–Crippen LogP) is 4.46. The van der Waals surface area contributed by atoms with E-state index in [-0.39, 0.29) is 12.5 Å². The number of aliphatic hydroxyl groups is 1. The maximum absolute atomic E-state index is 12.8. The molecule has 0 unspecified atom stereocenters. The van der Waals surface area contributed by atoms with Gasteiger partial charge in [0.25, 0.3) is 5.91 Å². The molecule has 3 aromatic carbocycles. The van der Waals surface area contributed by atoms with Gasteiger partial charge < -0.3 is 20.1 Å². The highest BCUT2D eigenvalue weighted by Gasteiger charge is 2.30. The van der Waals surface area contributed by atoms with Crippen LogP contribution in [0.1, 0.15) is 42.9 Å². The number of hydrogen-bond acceptors (Lipinski definition) is 5. The van der Waals surface area contributed by atoms with Crippen molar-refractivity contribution in [2.75, 3.05) is 19.6 Å². The first kappa shape index (κ1) is 24.8. The third-order valence-electron chi connectivity index (χ3n) is 6.92. The molecular weight excluding hydrogens is 476 g/mol. The van der Waals surface area contributed by atoms with Gasteiger partial charge in [-0.2, -0.15) is 0 Å². The van der Waals surface area contributed by atoms with Crippen LogP contribution in [0.15, 0.2) is 60.7 Å². The number of carbonyl (C=O) groups is 2. The monoisotopic (exact) mass is 506 g/mol. The van der Waals surface area contributed by atoms with E-state index in [0.29, 0.717) is 29.3 Å². The Bertz CT molecular complexity index is 1260. The largest absolute Gasteiger partial charge is 0.489 e. The van der Waals surface area contributed by atoms with Crippen LogP contribution in [0.3, 0.4) is 0 Å². The number of benzene rings is 3. The van der Waals surface area contributed by atoms with Crippen molar-refractivity contribution in [3.05, 3.63) is 76.8 Å². The molecule has 1 saturated heterocycles. The lowest BCUT2D eigenvalue weighted by atomic mass is 9.99. The van der Waals surface area contributed by atoms with Gasteiger partial charge in [-0.25, -0.2) is 0 Å². The van der Waals surface area contributed by atoms with Crippen molar-refractivity contribution in [1.29, 1.82) is 0 Å². The van der Waals surface area contributed by atoms with Gasteiger partial charge in [-0.1, -0.05) is 60.1 Å². The summed E-state index contributed by atoms with van der Waals surface area (Å²) in [6.45, 7) is 2.27. The standard InChI is InChI=1S/C29H31ClN2O4/c30-24-17-22(9-13-27(24)36-23-10-11-23)28(34)25(18-32-14-3-15-32)31-29(35)26(33)12-7-19-6-8-20-4-1-2-5-21(20)16-19/h1-2,4-6,8-9,13,16-17,23,25,28,34H,3,7,10-12,14-15,18H2,(H,31,35)/t25-,28-/m1/s1. The van der Waals surface area contributed by atoms with Crippen LogP contribution in [-0.2, 0) is 16.0 Å². The van der Waals surface area contributed by atoms with Crippen molar-refractivity contribution in [2.45, 2.75) is 50.4 Å². The maximum Gasteiger partial charge on any atom is 0.287 e. The number of Topliss-reactive ketones (excluding diaryl/α,β-unsaturated/α-hetero) is 1. The van der Waals surface area contributed by atoms with Gasteiger partial charge in [0, 0.05) is 13.0 Å². The van der Waals surface area contributed by atoms with Crippen LogP contribution in [0.2, 0.25) is 5.02 Å². The van der Waals surface area contributed by atoms with Crippen LogP contribution in [0, 0.1) is 0 Å². The van der Waals surface area contributed by atoms with E-state index in [0.717, 1.165) is 48.7 Å². The summed E-state index contributed by atoms with van der Waals surface area (Å²) in [5, 5.41) is 16.6. The first-order valence-electron chi connectivity index (χ1n) is 12.6. The number of halogens is 1. The molecule has 2 atom stereocenters. The quantitative estimate of drug-likeness (QED) is 0.375. The first-order valence-corrected chi connectivity index (χ1v) is 13.0. The van der Waals surface area contributed by atoms with E-state index in [1.807, 2.05) is 36.4 Å². The van der Waals surface area contributed by atoms with E-state index in [1.54, 1.807) is 18.2 Å². The molecule has 3 aromatic rings. The van der Waals surface area contributed by atoms with E-state index < -0.39 is 23.8 Å². The fraction of sp³-hybridized carbons (Fsp3) is 0.379. The Balaban J connectivity index is 1.22. The zero-order valence-corrected chi connectivity index (χ0v) is 20.9. The highest BCUT2D eigenvalue weighted by molar-refractivity contribution is 6.36. The van der Waals surface area contributed by atoms with Gasteiger partial charge in [0.05, 0.1) is 17.2 Å². The van der Waals surface area contributed by atoms with Gasteiger partial charge in [0.15, 0.2) is 0 Å². The summed E-state index contributed by atoms with van der Waals surface area (Å²) in [4.78, 5) is 27.7. The van der Waals surface area contributed by atoms with Crippen LogP contribution < -0.4 is 10.1 Å². The van der Waals surface area contributed by atoms with Crippen LogP contribution >= 0.6 is 11.6 Å². The zero-order chi connectivity index (χ0) is 25.1. The lowest BCUT2D eigenvalue weighted by Gasteiger charge is -2.36. The molecule has 6 nitrogen and oxygen atoms in total. The Morgan fingerprint density at radius 3 is 2.53 bits per heavy atom. The number of nitrogens with one attached hydrogen (secondary N) is 1. The summed E-state index contributed by atoms with van der Waals surface area (Å²) < 4.78 is 5.79. The summed E-state index contributed by atoms with van der Waals surface area (Å²) in [5.41, 5.74) is 1.59. The third-order valence-corrected chi connectivity index (χ3v) is 7.22. The van der Waals surface area contributed by atoms with Crippen LogP contribution in [0.5, 0.6) is 5.75 Å². The first-order chi connectivity index (χ1) is 17.5. The second-order valence-corrected chi connectivity index (χ2v) is 10.2. The van der Waals surface area contributed by atoms with Gasteiger partial charge in [0.1, 0.15) is 11.9 Å². The van der Waals surface area contributed by atoms with Crippen molar-refractivity contribution in [3.63, 3.8) is 0 Å². The number of fused-ring (bicyclic) bond motifs is 1. The molecule has 0 bridgehead atoms. The van der Waals surface area contributed by atoms with E-state index in [2.05, 4.69) is 16.3 Å². The molecule has 188 valence electrons. The number of aliphatic hydroxyl groups excluding tert-OH is 1. The van der Waals surface area contributed by atoms with Crippen molar-refractivity contribution in [2.24, 2.45) is 0 Å². The molecule has 2 fully saturated rings. The Kier molecular flexibility index (Phi) is 7.56. The summed E-state index contributed by atoms with van der Waals surface area (Å²) in [5.74, 6) is -0.558. The molecule has 2 aliphatic rings. The molecule has 1 aliphatic heterocycles. The number of ether oxygens (including phenoxy) is 1. The van der Waals surface area contributed by atoms with Crippen molar-refractivity contribution in [1.82, 2.24) is 10.2 Å². The highest BCUT2D eigenvalue weighted by Crippen LogP contribution is 2.34. The molecule has 1 amide bonds. The number of ketones is 1. The van der Waals surface area contributed by atoms with Crippen LogP contribution in [0.25, 0.3) is 10.8 Å². The number of nitrogens with zero attached hydrogens (tertiary/aromatic N) is 1. The molecule has 36 heavy (non-hydrogen) atoms. The third kappa shape index (κ3) is 6.06. The predicted molar refractivity (Wildman–Crippen MR) is 140 cm³/mol. The Morgan fingerprint density at radius 1 is 1.06 bits per heavy atom. The SMILES string of the molecule is O=C(CCc1ccc2ccccc2c1)C(=O)N[C@H](CN1CCC1)[C@H](O)c1ccc(OC2CC2)c(Cl)c1.